The van der Waals surface area contributed by atoms with Crippen LogP contribution in [0.4, 0.5) is 17.1 Å². The molecule has 0 saturated carbocycles. The minimum absolute atomic E-state index is 0.733. The van der Waals surface area contributed by atoms with Crippen molar-refractivity contribution in [2.24, 2.45) is 0 Å². The van der Waals surface area contributed by atoms with Crippen LogP contribution in [0, 0.1) is 24.7 Å². The van der Waals surface area contributed by atoms with E-state index in [-0.39, 0.29) is 0 Å². The predicted octanol–water partition coefficient (Wildman–Crippen LogP) is 8.70. The molecule has 0 saturated heterocycles. The van der Waals surface area contributed by atoms with Gasteiger partial charge < -0.3 is 14.4 Å². The fraction of sp³-hybridized carbons (Fsp3) is 0. The van der Waals surface area contributed by atoms with E-state index in [1.165, 1.54) is 0 Å². The zero-order valence-corrected chi connectivity index (χ0v) is 20.0. The van der Waals surface area contributed by atoms with E-state index in [2.05, 4.69) is 28.9 Å². The lowest BCUT2D eigenvalue weighted by Gasteiger charge is -2.25. The molecule has 37 heavy (non-hydrogen) atoms. The summed E-state index contributed by atoms with van der Waals surface area (Å²) in [6, 6.07) is 41.1. The summed E-state index contributed by atoms with van der Waals surface area (Å²) in [5.41, 5.74) is 4.68. The lowest BCUT2D eigenvalue weighted by molar-refractivity contribution is 0.482. The van der Waals surface area contributed by atoms with Crippen molar-refractivity contribution in [3.63, 3.8) is 0 Å². The second kappa shape index (κ2) is 10.9. The number of hydrogen-bond acceptors (Lipinski definition) is 3. The van der Waals surface area contributed by atoms with Gasteiger partial charge in [0.15, 0.2) is 0 Å². The second-order valence-electron chi connectivity index (χ2n) is 8.20. The lowest BCUT2D eigenvalue weighted by atomic mass is 10.2. The Morgan fingerprint density at radius 1 is 0.405 bits per heavy atom. The molecule has 5 rings (SSSR count). The highest BCUT2D eigenvalue weighted by atomic mass is 16.5. The Balaban J connectivity index is 1.38. The standard InChI is InChI=1S/C34H23NO2/c1-3-26-10-18-31(19-11-26)36-33-22-14-29(15-23-33)35(28-8-6-5-7-9-28)30-16-24-34(25-17-30)37-32-20-12-27(4-2)13-21-32/h1-2,5-25H. The van der Waals surface area contributed by atoms with Crippen LogP contribution in [0.2, 0.25) is 0 Å². The molecule has 3 heteroatoms. The van der Waals surface area contributed by atoms with Gasteiger partial charge in [-0.1, -0.05) is 30.0 Å². The molecular weight excluding hydrogens is 454 g/mol. The van der Waals surface area contributed by atoms with Crippen molar-refractivity contribution in [3.05, 3.63) is 139 Å². The van der Waals surface area contributed by atoms with Gasteiger partial charge in [-0.25, -0.2) is 0 Å². The molecule has 0 fully saturated rings. The summed E-state index contributed by atoms with van der Waals surface area (Å²) in [5.74, 6) is 8.17. The van der Waals surface area contributed by atoms with Crippen molar-refractivity contribution in [1.29, 1.82) is 0 Å². The van der Waals surface area contributed by atoms with E-state index in [4.69, 9.17) is 22.3 Å². The first-order chi connectivity index (χ1) is 18.2. The SMILES string of the molecule is C#Cc1ccc(Oc2ccc(N(c3ccccc3)c3ccc(Oc4ccc(C#C)cc4)cc3)cc2)cc1. The van der Waals surface area contributed by atoms with E-state index in [1.807, 2.05) is 115 Å². The molecule has 0 bridgehead atoms. The van der Waals surface area contributed by atoms with Gasteiger partial charge in [0.25, 0.3) is 0 Å². The Kier molecular flexibility index (Phi) is 6.89. The number of terminal acetylenes is 2. The molecule has 5 aromatic carbocycles. The van der Waals surface area contributed by atoms with Gasteiger partial charge in [0.1, 0.15) is 23.0 Å². The lowest BCUT2D eigenvalue weighted by Crippen LogP contribution is -2.09. The minimum Gasteiger partial charge on any atom is -0.457 e. The van der Waals surface area contributed by atoms with E-state index in [9.17, 15) is 0 Å². The molecular formula is C34H23NO2. The monoisotopic (exact) mass is 477 g/mol. The highest BCUT2D eigenvalue weighted by Gasteiger charge is 2.13. The molecule has 0 spiro atoms. The fourth-order valence-corrected chi connectivity index (χ4v) is 3.86. The van der Waals surface area contributed by atoms with Crippen LogP contribution in [-0.4, -0.2) is 0 Å². The third-order valence-electron chi connectivity index (χ3n) is 5.72. The summed E-state index contributed by atoms with van der Waals surface area (Å²) in [6.45, 7) is 0. The van der Waals surface area contributed by atoms with Crippen molar-refractivity contribution in [3.8, 4) is 47.7 Å². The topological polar surface area (TPSA) is 21.7 Å². The summed E-state index contributed by atoms with van der Waals surface area (Å²) >= 11 is 0. The van der Waals surface area contributed by atoms with Gasteiger partial charge in [-0.2, -0.15) is 0 Å². The normalized spacial score (nSPS) is 10.1. The van der Waals surface area contributed by atoms with Gasteiger partial charge in [-0.3, -0.25) is 0 Å². The van der Waals surface area contributed by atoms with E-state index >= 15 is 0 Å². The first-order valence-electron chi connectivity index (χ1n) is 11.8. The van der Waals surface area contributed by atoms with Crippen LogP contribution in [-0.2, 0) is 0 Å². The smallest absolute Gasteiger partial charge is 0.127 e. The van der Waals surface area contributed by atoms with E-state index in [0.717, 1.165) is 51.2 Å². The molecule has 0 aliphatic carbocycles. The highest BCUT2D eigenvalue weighted by molar-refractivity contribution is 5.77. The largest absolute Gasteiger partial charge is 0.457 e. The Morgan fingerprint density at radius 3 is 1.08 bits per heavy atom. The third kappa shape index (κ3) is 5.65. The summed E-state index contributed by atoms with van der Waals surface area (Å²) in [7, 11) is 0. The van der Waals surface area contributed by atoms with Crippen LogP contribution in [0.15, 0.2) is 127 Å². The average molecular weight is 478 g/mol. The summed E-state index contributed by atoms with van der Waals surface area (Å²) < 4.78 is 12.0. The van der Waals surface area contributed by atoms with E-state index < -0.39 is 0 Å². The predicted molar refractivity (Wildman–Crippen MR) is 150 cm³/mol. The number of rotatable bonds is 7. The zero-order chi connectivity index (χ0) is 25.5. The number of para-hydroxylation sites is 1. The second-order valence-corrected chi connectivity index (χ2v) is 8.20. The number of nitrogens with zero attached hydrogens (tertiary/aromatic N) is 1. The molecule has 0 atom stereocenters. The fourth-order valence-electron chi connectivity index (χ4n) is 3.86. The molecule has 3 nitrogen and oxygen atoms in total. The molecule has 176 valence electrons. The molecule has 0 N–H and O–H groups in total. The van der Waals surface area contributed by atoms with Crippen molar-refractivity contribution >= 4 is 17.1 Å². The van der Waals surface area contributed by atoms with Crippen LogP contribution in [0.5, 0.6) is 23.0 Å². The molecule has 0 heterocycles. The quantitative estimate of drug-likeness (QED) is 0.219. The Hall–Kier alpha value is -5.38. The van der Waals surface area contributed by atoms with Crippen molar-refractivity contribution in [2.45, 2.75) is 0 Å². The molecule has 0 radical (unpaired) electrons. The maximum Gasteiger partial charge on any atom is 0.127 e. The molecule has 0 unspecified atom stereocenters. The summed E-state index contributed by atoms with van der Waals surface area (Å²) in [5, 5.41) is 0. The van der Waals surface area contributed by atoms with Crippen LogP contribution in [0.3, 0.4) is 0 Å². The Morgan fingerprint density at radius 2 is 0.730 bits per heavy atom. The average Bonchev–Trinajstić information content (AvgIpc) is 2.96. The van der Waals surface area contributed by atoms with Crippen molar-refractivity contribution in [1.82, 2.24) is 0 Å². The van der Waals surface area contributed by atoms with Gasteiger partial charge in [-0.05, 0) is 109 Å². The van der Waals surface area contributed by atoms with Crippen LogP contribution >= 0.6 is 0 Å². The summed E-state index contributed by atoms with van der Waals surface area (Å²) in [6.07, 6.45) is 10.9. The van der Waals surface area contributed by atoms with Gasteiger partial charge in [0, 0.05) is 28.2 Å². The molecule has 0 aliphatic heterocycles. The maximum atomic E-state index is 6.00. The van der Waals surface area contributed by atoms with Crippen molar-refractivity contribution in [2.75, 3.05) is 4.90 Å². The first-order valence-corrected chi connectivity index (χ1v) is 11.8. The van der Waals surface area contributed by atoms with Crippen LogP contribution in [0.1, 0.15) is 11.1 Å². The Labute approximate surface area is 217 Å². The number of ether oxygens (including phenoxy) is 2. The van der Waals surface area contributed by atoms with Gasteiger partial charge >= 0.3 is 0 Å². The summed E-state index contributed by atoms with van der Waals surface area (Å²) in [4.78, 5) is 2.18. The van der Waals surface area contributed by atoms with Gasteiger partial charge in [0.05, 0.1) is 0 Å². The van der Waals surface area contributed by atoms with Gasteiger partial charge in [-0.15, -0.1) is 12.8 Å². The zero-order valence-electron chi connectivity index (χ0n) is 20.0. The van der Waals surface area contributed by atoms with E-state index in [1.54, 1.807) is 0 Å². The molecule has 0 aliphatic rings. The van der Waals surface area contributed by atoms with Crippen molar-refractivity contribution < 1.29 is 9.47 Å². The number of benzene rings is 5. The molecule has 0 amide bonds. The Bertz CT molecular complexity index is 1440. The number of hydrogen-bond donors (Lipinski definition) is 0. The maximum absolute atomic E-state index is 6.00. The van der Waals surface area contributed by atoms with Crippen LogP contribution in [0.25, 0.3) is 0 Å². The molecule has 0 aromatic heterocycles. The number of anilines is 3. The minimum atomic E-state index is 0.733. The molecule has 5 aromatic rings. The highest BCUT2D eigenvalue weighted by Crippen LogP contribution is 2.37. The van der Waals surface area contributed by atoms with Crippen LogP contribution < -0.4 is 14.4 Å². The van der Waals surface area contributed by atoms with E-state index in [0.29, 0.717) is 0 Å². The van der Waals surface area contributed by atoms with Gasteiger partial charge in [0.2, 0.25) is 0 Å². The third-order valence-corrected chi connectivity index (χ3v) is 5.72. The first kappa shape index (κ1) is 23.4.